The zero-order valence-corrected chi connectivity index (χ0v) is 17.1. The highest BCUT2D eigenvalue weighted by Gasteiger charge is 2.24. The van der Waals surface area contributed by atoms with E-state index in [-0.39, 0.29) is 24.9 Å². The van der Waals surface area contributed by atoms with Crippen LogP contribution in [0.5, 0.6) is 5.75 Å². The topological polar surface area (TPSA) is 69.9 Å². The SMILES string of the molecule is COc1ccccc1N(CCC#N)C(=O)C[NH2+]C(c1ccccc1)c1ccccc1. The Morgan fingerprint density at radius 1 is 0.967 bits per heavy atom. The van der Waals surface area contributed by atoms with Gasteiger partial charge in [0, 0.05) is 17.7 Å². The molecule has 5 nitrogen and oxygen atoms in total. The number of carbonyl (C=O) groups is 1. The van der Waals surface area contributed by atoms with Gasteiger partial charge in [-0.3, -0.25) is 4.79 Å². The molecule has 152 valence electrons. The molecule has 0 saturated carbocycles. The number of nitrogens with two attached hydrogens (primary N) is 1. The van der Waals surface area contributed by atoms with Gasteiger partial charge in [0.1, 0.15) is 11.8 Å². The van der Waals surface area contributed by atoms with Crippen LogP contribution in [0.2, 0.25) is 0 Å². The van der Waals surface area contributed by atoms with E-state index in [4.69, 9.17) is 10.00 Å². The molecule has 1 amide bonds. The summed E-state index contributed by atoms with van der Waals surface area (Å²) in [5, 5.41) is 11.1. The molecule has 0 aromatic heterocycles. The van der Waals surface area contributed by atoms with E-state index in [9.17, 15) is 4.79 Å². The summed E-state index contributed by atoms with van der Waals surface area (Å²) in [6.07, 6.45) is 0.255. The second-order valence-electron chi connectivity index (χ2n) is 6.86. The first kappa shape index (κ1) is 21.1. The van der Waals surface area contributed by atoms with Gasteiger partial charge in [0.25, 0.3) is 5.91 Å². The van der Waals surface area contributed by atoms with Crippen LogP contribution in [-0.4, -0.2) is 26.1 Å². The lowest BCUT2D eigenvalue weighted by Gasteiger charge is -2.24. The molecule has 0 spiro atoms. The summed E-state index contributed by atoms with van der Waals surface area (Å²) in [5.74, 6) is 0.554. The van der Waals surface area contributed by atoms with Crippen molar-refractivity contribution in [1.82, 2.24) is 0 Å². The number of ether oxygens (including phenoxy) is 1. The number of nitriles is 1. The summed E-state index contributed by atoms with van der Waals surface area (Å²) in [6, 6.07) is 29.9. The Labute approximate surface area is 177 Å². The monoisotopic (exact) mass is 400 g/mol. The standard InChI is InChI=1S/C25H25N3O2/c1-30-23-16-9-8-15-22(23)28(18-10-17-26)24(29)19-27-25(20-11-4-2-5-12-20)21-13-6-3-7-14-21/h2-9,11-16,25,27H,10,18-19H2,1H3/p+1. The van der Waals surface area contributed by atoms with Gasteiger partial charge < -0.3 is 15.0 Å². The number of para-hydroxylation sites is 2. The van der Waals surface area contributed by atoms with Gasteiger partial charge in [-0.15, -0.1) is 0 Å². The van der Waals surface area contributed by atoms with Crippen molar-refractivity contribution in [3.63, 3.8) is 0 Å². The fourth-order valence-corrected chi connectivity index (χ4v) is 3.51. The Morgan fingerprint density at radius 3 is 2.10 bits per heavy atom. The van der Waals surface area contributed by atoms with Crippen molar-refractivity contribution in [3.8, 4) is 11.8 Å². The summed E-state index contributed by atoms with van der Waals surface area (Å²) < 4.78 is 5.43. The first-order valence-corrected chi connectivity index (χ1v) is 9.98. The maximum Gasteiger partial charge on any atom is 0.282 e. The van der Waals surface area contributed by atoms with Gasteiger partial charge in [0.2, 0.25) is 0 Å². The summed E-state index contributed by atoms with van der Waals surface area (Å²) in [4.78, 5) is 14.9. The quantitative estimate of drug-likeness (QED) is 0.599. The molecule has 0 saturated heterocycles. The minimum atomic E-state index is -0.0633. The van der Waals surface area contributed by atoms with Gasteiger partial charge in [-0.05, 0) is 12.1 Å². The number of hydrogen-bond acceptors (Lipinski definition) is 3. The lowest BCUT2D eigenvalue weighted by Crippen LogP contribution is -2.87. The van der Waals surface area contributed by atoms with E-state index in [1.807, 2.05) is 66.0 Å². The van der Waals surface area contributed by atoms with E-state index in [1.54, 1.807) is 12.0 Å². The summed E-state index contributed by atoms with van der Waals surface area (Å²) >= 11 is 0. The van der Waals surface area contributed by atoms with Crippen LogP contribution in [0.1, 0.15) is 23.6 Å². The second-order valence-corrected chi connectivity index (χ2v) is 6.86. The molecule has 0 radical (unpaired) electrons. The van der Waals surface area contributed by atoms with E-state index in [0.717, 1.165) is 11.1 Å². The highest BCUT2D eigenvalue weighted by molar-refractivity contribution is 5.95. The number of quaternary nitrogens is 1. The molecule has 2 N–H and O–H groups in total. The van der Waals surface area contributed by atoms with Gasteiger partial charge >= 0.3 is 0 Å². The Balaban J connectivity index is 1.82. The van der Waals surface area contributed by atoms with Crippen molar-refractivity contribution in [1.29, 1.82) is 5.26 Å². The highest BCUT2D eigenvalue weighted by atomic mass is 16.5. The number of benzene rings is 3. The molecule has 3 aromatic rings. The van der Waals surface area contributed by atoms with Crippen LogP contribution in [0.15, 0.2) is 84.9 Å². The first-order valence-electron chi connectivity index (χ1n) is 9.98. The molecular formula is C25H26N3O2+. The van der Waals surface area contributed by atoms with E-state index < -0.39 is 0 Å². The van der Waals surface area contributed by atoms with Gasteiger partial charge in [-0.25, -0.2) is 0 Å². The number of carbonyl (C=O) groups excluding carboxylic acids is 1. The fourth-order valence-electron chi connectivity index (χ4n) is 3.51. The third kappa shape index (κ3) is 5.25. The number of rotatable bonds is 9. The van der Waals surface area contributed by atoms with Gasteiger partial charge in [-0.1, -0.05) is 72.8 Å². The normalized spacial score (nSPS) is 10.4. The summed E-state index contributed by atoms with van der Waals surface area (Å²) in [5.41, 5.74) is 2.96. The lowest BCUT2D eigenvalue weighted by molar-refractivity contribution is -0.676. The van der Waals surface area contributed by atoms with Crippen LogP contribution in [0.4, 0.5) is 5.69 Å². The van der Waals surface area contributed by atoms with Crippen molar-refractivity contribution in [2.75, 3.05) is 25.1 Å². The molecule has 3 aromatic carbocycles. The van der Waals surface area contributed by atoms with Crippen molar-refractivity contribution in [2.45, 2.75) is 12.5 Å². The number of methoxy groups -OCH3 is 1. The maximum atomic E-state index is 13.2. The lowest BCUT2D eigenvalue weighted by atomic mass is 9.99. The van der Waals surface area contributed by atoms with E-state index in [1.165, 1.54) is 0 Å². The minimum Gasteiger partial charge on any atom is -0.495 e. The van der Waals surface area contributed by atoms with E-state index in [0.29, 0.717) is 18.0 Å². The number of amides is 1. The van der Waals surface area contributed by atoms with Gasteiger partial charge in [-0.2, -0.15) is 5.26 Å². The van der Waals surface area contributed by atoms with E-state index >= 15 is 0 Å². The summed E-state index contributed by atoms with van der Waals surface area (Å²) in [6.45, 7) is 0.572. The molecule has 30 heavy (non-hydrogen) atoms. The third-order valence-electron chi connectivity index (χ3n) is 4.97. The van der Waals surface area contributed by atoms with Gasteiger partial charge in [0.05, 0.1) is 25.3 Å². The maximum absolute atomic E-state index is 13.2. The zero-order chi connectivity index (χ0) is 21.2. The zero-order valence-electron chi connectivity index (χ0n) is 17.1. The molecule has 0 aliphatic heterocycles. The molecule has 0 aliphatic rings. The van der Waals surface area contributed by atoms with Gasteiger partial charge in [0.15, 0.2) is 6.54 Å². The molecule has 0 unspecified atom stereocenters. The van der Waals surface area contributed by atoms with Crippen LogP contribution < -0.4 is 15.0 Å². The van der Waals surface area contributed by atoms with Crippen molar-refractivity contribution < 1.29 is 14.8 Å². The average Bonchev–Trinajstić information content (AvgIpc) is 2.81. The predicted molar refractivity (Wildman–Crippen MR) is 117 cm³/mol. The Hall–Kier alpha value is -3.62. The van der Waals surface area contributed by atoms with Crippen LogP contribution in [-0.2, 0) is 4.79 Å². The largest absolute Gasteiger partial charge is 0.495 e. The number of anilines is 1. The Bertz CT molecular complexity index is 945. The van der Waals surface area contributed by atoms with Crippen LogP contribution in [0, 0.1) is 11.3 Å². The molecule has 5 heteroatoms. The molecule has 0 atom stereocenters. The molecule has 0 bridgehead atoms. The fraction of sp³-hybridized carbons (Fsp3) is 0.200. The number of hydrogen-bond donors (Lipinski definition) is 1. The van der Waals surface area contributed by atoms with Crippen molar-refractivity contribution >= 4 is 11.6 Å². The van der Waals surface area contributed by atoms with Crippen LogP contribution in [0.25, 0.3) is 0 Å². The van der Waals surface area contributed by atoms with Crippen LogP contribution in [0.3, 0.4) is 0 Å². The second kappa shape index (κ2) is 10.8. The predicted octanol–water partition coefficient (Wildman–Crippen LogP) is 3.29. The minimum absolute atomic E-state index is 0.00633. The molecule has 3 rings (SSSR count). The highest BCUT2D eigenvalue weighted by Crippen LogP contribution is 2.28. The Kier molecular flexibility index (Phi) is 7.59. The van der Waals surface area contributed by atoms with Crippen molar-refractivity contribution in [3.05, 3.63) is 96.1 Å². The number of nitrogens with zero attached hydrogens (tertiary/aromatic N) is 2. The Morgan fingerprint density at radius 2 is 1.53 bits per heavy atom. The third-order valence-corrected chi connectivity index (χ3v) is 4.97. The average molecular weight is 401 g/mol. The molecule has 0 fully saturated rings. The summed E-state index contributed by atoms with van der Waals surface area (Å²) in [7, 11) is 1.58. The molecular weight excluding hydrogens is 374 g/mol. The van der Waals surface area contributed by atoms with Crippen molar-refractivity contribution in [2.24, 2.45) is 0 Å². The molecule has 0 aliphatic carbocycles. The smallest absolute Gasteiger partial charge is 0.282 e. The van der Waals surface area contributed by atoms with Crippen LogP contribution >= 0.6 is 0 Å². The van der Waals surface area contributed by atoms with E-state index in [2.05, 4.69) is 30.3 Å². The molecule has 0 heterocycles. The first-order chi connectivity index (χ1) is 14.7.